The van der Waals surface area contributed by atoms with Crippen LogP contribution >= 0.6 is 12.2 Å². The van der Waals surface area contributed by atoms with Crippen LogP contribution in [-0.4, -0.2) is 43.9 Å². The van der Waals surface area contributed by atoms with Crippen molar-refractivity contribution in [3.8, 4) is 0 Å². The number of H-pyrrole nitrogens is 1. The maximum absolute atomic E-state index is 9.17. The van der Waals surface area contributed by atoms with Gasteiger partial charge in [-0.25, -0.2) is 0 Å². The zero-order chi connectivity index (χ0) is 11.5. The highest BCUT2D eigenvalue weighted by molar-refractivity contribution is 7.71. The molecule has 90 valence electrons. The SMILES string of the molecule is CCN1CCCC1Cn1c(CO)n[nH]c1=S. The third-order valence-electron chi connectivity index (χ3n) is 3.28. The van der Waals surface area contributed by atoms with Gasteiger partial charge in [-0.1, -0.05) is 6.92 Å². The number of hydrogen-bond donors (Lipinski definition) is 2. The molecule has 0 aromatic carbocycles. The van der Waals surface area contributed by atoms with E-state index in [0.29, 0.717) is 16.6 Å². The molecule has 2 rings (SSSR count). The fourth-order valence-corrected chi connectivity index (χ4v) is 2.61. The molecule has 0 amide bonds. The number of nitrogens with one attached hydrogen (secondary N) is 1. The van der Waals surface area contributed by atoms with Crippen molar-refractivity contribution < 1.29 is 5.11 Å². The van der Waals surface area contributed by atoms with Gasteiger partial charge in [0.05, 0.1) is 0 Å². The summed E-state index contributed by atoms with van der Waals surface area (Å²) in [7, 11) is 0. The maximum atomic E-state index is 9.17. The third kappa shape index (κ3) is 2.18. The van der Waals surface area contributed by atoms with Crippen LogP contribution < -0.4 is 0 Å². The molecule has 1 unspecified atom stereocenters. The minimum Gasteiger partial charge on any atom is -0.388 e. The number of nitrogens with zero attached hydrogens (tertiary/aromatic N) is 3. The first-order chi connectivity index (χ1) is 7.76. The van der Waals surface area contributed by atoms with E-state index < -0.39 is 0 Å². The van der Waals surface area contributed by atoms with Gasteiger partial charge in [0.25, 0.3) is 0 Å². The summed E-state index contributed by atoms with van der Waals surface area (Å²) in [6.07, 6.45) is 2.45. The number of likely N-dealkylation sites (N-methyl/N-ethyl adjacent to an activating group) is 1. The Balaban J connectivity index is 2.13. The zero-order valence-corrected chi connectivity index (χ0v) is 10.3. The largest absolute Gasteiger partial charge is 0.388 e. The molecule has 0 spiro atoms. The van der Waals surface area contributed by atoms with Crippen LogP contribution in [0.3, 0.4) is 0 Å². The average molecular weight is 242 g/mol. The second-order valence-corrected chi connectivity index (χ2v) is 4.53. The summed E-state index contributed by atoms with van der Waals surface area (Å²) in [5, 5.41) is 15.9. The van der Waals surface area contributed by atoms with Gasteiger partial charge in [0, 0.05) is 12.6 Å². The van der Waals surface area contributed by atoms with Crippen LogP contribution in [0.5, 0.6) is 0 Å². The fourth-order valence-electron chi connectivity index (χ4n) is 2.39. The standard InChI is InChI=1S/C10H18N4OS/c1-2-13-5-3-4-8(13)6-14-9(7-15)11-12-10(14)16/h8,15H,2-7H2,1H3,(H,12,16). The van der Waals surface area contributed by atoms with Crippen molar-refractivity contribution in [2.75, 3.05) is 13.1 Å². The van der Waals surface area contributed by atoms with Crippen molar-refractivity contribution in [1.82, 2.24) is 19.7 Å². The molecule has 2 N–H and O–H groups in total. The molecule has 1 aromatic rings. The highest BCUT2D eigenvalue weighted by Gasteiger charge is 2.24. The Morgan fingerprint density at radius 3 is 3.12 bits per heavy atom. The van der Waals surface area contributed by atoms with Crippen LogP contribution in [0.25, 0.3) is 0 Å². The topological polar surface area (TPSA) is 57.1 Å². The molecule has 1 aliphatic rings. The van der Waals surface area contributed by atoms with Gasteiger partial charge in [0.2, 0.25) is 0 Å². The molecule has 0 bridgehead atoms. The Morgan fingerprint density at radius 1 is 1.62 bits per heavy atom. The number of aliphatic hydroxyl groups is 1. The van der Waals surface area contributed by atoms with E-state index in [1.165, 1.54) is 19.4 Å². The predicted molar refractivity (Wildman–Crippen MR) is 63.6 cm³/mol. The molecule has 1 aliphatic heterocycles. The van der Waals surface area contributed by atoms with E-state index in [1.807, 2.05) is 4.57 Å². The van der Waals surface area contributed by atoms with Crippen molar-refractivity contribution in [2.24, 2.45) is 0 Å². The predicted octanol–water partition coefficient (Wildman–Crippen LogP) is 0.917. The van der Waals surface area contributed by atoms with Crippen molar-refractivity contribution in [3.05, 3.63) is 10.6 Å². The molecular weight excluding hydrogens is 224 g/mol. The molecule has 1 atom stereocenters. The molecule has 16 heavy (non-hydrogen) atoms. The van der Waals surface area contributed by atoms with Gasteiger partial charge in [0.15, 0.2) is 10.6 Å². The molecule has 1 saturated heterocycles. The van der Waals surface area contributed by atoms with Gasteiger partial charge >= 0.3 is 0 Å². The van der Waals surface area contributed by atoms with E-state index in [4.69, 9.17) is 17.3 Å². The Bertz CT molecular complexity index is 400. The summed E-state index contributed by atoms with van der Waals surface area (Å²) in [5.41, 5.74) is 0. The summed E-state index contributed by atoms with van der Waals surface area (Å²) in [6, 6.07) is 0.527. The molecule has 0 saturated carbocycles. The molecule has 6 heteroatoms. The van der Waals surface area contributed by atoms with Crippen molar-refractivity contribution >= 4 is 12.2 Å². The minimum atomic E-state index is -0.0635. The molecule has 1 aromatic heterocycles. The van der Waals surface area contributed by atoms with E-state index >= 15 is 0 Å². The minimum absolute atomic E-state index is 0.0635. The van der Waals surface area contributed by atoms with E-state index in [1.54, 1.807) is 0 Å². The Kier molecular flexibility index (Phi) is 3.73. The lowest BCUT2D eigenvalue weighted by molar-refractivity contribution is 0.228. The van der Waals surface area contributed by atoms with Crippen LogP contribution in [0.15, 0.2) is 0 Å². The van der Waals surface area contributed by atoms with Gasteiger partial charge in [-0.2, -0.15) is 5.10 Å². The zero-order valence-electron chi connectivity index (χ0n) is 9.52. The van der Waals surface area contributed by atoms with E-state index in [2.05, 4.69) is 22.0 Å². The number of hydrogen-bond acceptors (Lipinski definition) is 4. The van der Waals surface area contributed by atoms with E-state index in [9.17, 15) is 0 Å². The summed E-state index contributed by atoms with van der Waals surface area (Å²) in [6.45, 7) is 5.19. The van der Waals surface area contributed by atoms with Crippen LogP contribution in [-0.2, 0) is 13.2 Å². The second kappa shape index (κ2) is 5.07. The third-order valence-corrected chi connectivity index (χ3v) is 3.59. The summed E-state index contributed by atoms with van der Waals surface area (Å²) in [4.78, 5) is 2.45. The van der Waals surface area contributed by atoms with Crippen LogP contribution in [0.2, 0.25) is 0 Å². The number of aromatic amines is 1. The molecule has 2 heterocycles. The van der Waals surface area contributed by atoms with Gasteiger partial charge in [0.1, 0.15) is 6.61 Å². The van der Waals surface area contributed by atoms with Gasteiger partial charge in [-0.3, -0.25) is 10.00 Å². The molecular formula is C10H18N4OS. The number of rotatable bonds is 4. The van der Waals surface area contributed by atoms with Gasteiger partial charge in [-0.15, -0.1) is 0 Å². The monoisotopic (exact) mass is 242 g/mol. The van der Waals surface area contributed by atoms with Crippen molar-refractivity contribution in [1.29, 1.82) is 0 Å². The first-order valence-corrected chi connectivity index (χ1v) is 6.16. The lowest BCUT2D eigenvalue weighted by atomic mass is 10.2. The number of likely N-dealkylation sites (tertiary alicyclic amines) is 1. The first-order valence-electron chi connectivity index (χ1n) is 5.75. The van der Waals surface area contributed by atoms with Crippen LogP contribution in [0.4, 0.5) is 0 Å². The van der Waals surface area contributed by atoms with Crippen molar-refractivity contribution in [3.63, 3.8) is 0 Å². The lowest BCUT2D eigenvalue weighted by Crippen LogP contribution is -2.33. The molecule has 0 aliphatic carbocycles. The van der Waals surface area contributed by atoms with Crippen LogP contribution in [0.1, 0.15) is 25.6 Å². The molecule has 5 nitrogen and oxygen atoms in total. The smallest absolute Gasteiger partial charge is 0.195 e. The van der Waals surface area contributed by atoms with Crippen LogP contribution in [0, 0.1) is 4.77 Å². The average Bonchev–Trinajstić information content (AvgIpc) is 2.87. The molecule has 0 radical (unpaired) electrons. The molecule has 1 fully saturated rings. The highest BCUT2D eigenvalue weighted by Crippen LogP contribution is 2.18. The quantitative estimate of drug-likeness (QED) is 0.771. The second-order valence-electron chi connectivity index (χ2n) is 4.14. The highest BCUT2D eigenvalue weighted by atomic mass is 32.1. The number of aromatic nitrogens is 3. The summed E-state index contributed by atoms with van der Waals surface area (Å²) < 4.78 is 2.51. The number of aliphatic hydroxyl groups excluding tert-OH is 1. The summed E-state index contributed by atoms with van der Waals surface area (Å²) in [5.74, 6) is 0.632. The first kappa shape index (κ1) is 11.8. The van der Waals surface area contributed by atoms with Gasteiger partial charge in [-0.05, 0) is 38.1 Å². The normalized spacial score (nSPS) is 21.8. The van der Waals surface area contributed by atoms with E-state index in [-0.39, 0.29) is 6.61 Å². The lowest BCUT2D eigenvalue weighted by Gasteiger charge is -2.23. The fraction of sp³-hybridized carbons (Fsp3) is 0.800. The Morgan fingerprint density at radius 2 is 2.44 bits per heavy atom. The Hall–Kier alpha value is -0.720. The van der Waals surface area contributed by atoms with Crippen molar-refractivity contribution in [2.45, 2.75) is 39.0 Å². The van der Waals surface area contributed by atoms with E-state index in [0.717, 1.165) is 13.1 Å². The van der Waals surface area contributed by atoms with Gasteiger partial charge < -0.3 is 9.67 Å². The Labute approximate surface area is 100 Å². The summed E-state index contributed by atoms with van der Waals surface area (Å²) >= 11 is 5.16. The maximum Gasteiger partial charge on any atom is 0.195 e.